The summed E-state index contributed by atoms with van der Waals surface area (Å²) in [4.78, 5) is 23.6. The van der Waals surface area contributed by atoms with Gasteiger partial charge in [-0.1, -0.05) is 6.07 Å². The predicted molar refractivity (Wildman–Crippen MR) is 97.2 cm³/mol. The van der Waals surface area contributed by atoms with Gasteiger partial charge < -0.3 is 20.7 Å². The van der Waals surface area contributed by atoms with Crippen molar-refractivity contribution in [2.24, 2.45) is 0 Å². The van der Waals surface area contributed by atoms with Crippen molar-refractivity contribution in [1.29, 1.82) is 0 Å². The standard InChI is InChI=1S/C19H18F3N3O3/c20-19(21,22)12-2-1-3-16(10-12)28-11-17(26)23-13-4-6-14(7-5-13)24-18(27)25-15-8-9-15/h1-7,10,15H,8-9,11H2,(H,23,26)(H2,24,25,27). The van der Waals surface area contributed by atoms with Crippen LogP contribution in [-0.4, -0.2) is 24.6 Å². The number of anilines is 2. The molecule has 3 rings (SSSR count). The highest BCUT2D eigenvalue weighted by molar-refractivity contribution is 5.93. The minimum absolute atomic E-state index is 0.0498. The van der Waals surface area contributed by atoms with E-state index in [1.807, 2.05) is 0 Å². The summed E-state index contributed by atoms with van der Waals surface area (Å²) >= 11 is 0. The van der Waals surface area contributed by atoms with Gasteiger partial charge in [-0.05, 0) is 55.3 Å². The van der Waals surface area contributed by atoms with Gasteiger partial charge in [0.25, 0.3) is 5.91 Å². The van der Waals surface area contributed by atoms with Crippen LogP contribution in [0.3, 0.4) is 0 Å². The molecule has 1 aliphatic rings. The van der Waals surface area contributed by atoms with Crippen LogP contribution in [0.2, 0.25) is 0 Å². The fourth-order valence-corrected chi connectivity index (χ4v) is 2.33. The van der Waals surface area contributed by atoms with Crippen LogP contribution in [0.25, 0.3) is 0 Å². The molecule has 2 aromatic rings. The molecular formula is C19H18F3N3O3. The zero-order valence-electron chi connectivity index (χ0n) is 14.7. The SMILES string of the molecule is O=C(COc1cccc(C(F)(F)F)c1)Nc1ccc(NC(=O)NC2CC2)cc1. The van der Waals surface area contributed by atoms with E-state index < -0.39 is 24.3 Å². The van der Waals surface area contributed by atoms with Crippen molar-refractivity contribution in [2.75, 3.05) is 17.2 Å². The number of carbonyl (C=O) groups excluding carboxylic acids is 2. The van der Waals surface area contributed by atoms with E-state index in [1.54, 1.807) is 24.3 Å². The molecule has 0 aliphatic heterocycles. The third kappa shape index (κ3) is 5.90. The average Bonchev–Trinajstić information content (AvgIpc) is 3.45. The molecule has 28 heavy (non-hydrogen) atoms. The number of urea groups is 1. The molecule has 0 bridgehead atoms. The Hall–Kier alpha value is -3.23. The number of benzene rings is 2. The van der Waals surface area contributed by atoms with Crippen molar-refractivity contribution < 1.29 is 27.5 Å². The van der Waals surface area contributed by atoms with Crippen LogP contribution in [0.15, 0.2) is 48.5 Å². The van der Waals surface area contributed by atoms with Crippen molar-refractivity contribution in [3.63, 3.8) is 0 Å². The van der Waals surface area contributed by atoms with E-state index in [0.717, 1.165) is 25.0 Å². The second-order valence-corrected chi connectivity index (χ2v) is 6.31. The Morgan fingerprint density at radius 3 is 2.25 bits per heavy atom. The number of nitrogens with one attached hydrogen (secondary N) is 3. The predicted octanol–water partition coefficient (Wildman–Crippen LogP) is 4.01. The maximum Gasteiger partial charge on any atom is 0.416 e. The first-order chi connectivity index (χ1) is 13.3. The Kier molecular flexibility index (Phi) is 5.72. The molecule has 148 valence electrons. The normalized spacial score (nSPS) is 13.5. The zero-order chi connectivity index (χ0) is 20.1. The fraction of sp³-hybridized carbons (Fsp3) is 0.263. The lowest BCUT2D eigenvalue weighted by Gasteiger charge is -2.11. The quantitative estimate of drug-likeness (QED) is 0.694. The molecule has 0 radical (unpaired) electrons. The molecule has 1 aliphatic carbocycles. The van der Waals surface area contributed by atoms with Gasteiger partial charge in [-0.3, -0.25) is 4.79 Å². The van der Waals surface area contributed by atoms with E-state index in [4.69, 9.17) is 4.74 Å². The van der Waals surface area contributed by atoms with Gasteiger partial charge in [0.05, 0.1) is 5.56 Å². The van der Waals surface area contributed by atoms with E-state index in [-0.39, 0.29) is 17.8 Å². The van der Waals surface area contributed by atoms with Gasteiger partial charge in [0, 0.05) is 17.4 Å². The topological polar surface area (TPSA) is 79.5 Å². The second kappa shape index (κ2) is 8.20. The van der Waals surface area contributed by atoms with Crippen molar-refractivity contribution in [3.8, 4) is 5.75 Å². The van der Waals surface area contributed by atoms with Crippen LogP contribution in [0.1, 0.15) is 18.4 Å². The summed E-state index contributed by atoms with van der Waals surface area (Å²) in [6, 6.07) is 10.7. The maximum absolute atomic E-state index is 12.7. The molecule has 3 N–H and O–H groups in total. The van der Waals surface area contributed by atoms with Crippen LogP contribution in [0.5, 0.6) is 5.75 Å². The largest absolute Gasteiger partial charge is 0.484 e. The summed E-state index contributed by atoms with van der Waals surface area (Å²) in [5.41, 5.74) is 0.182. The summed E-state index contributed by atoms with van der Waals surface area (Å²) in [5.74, 6) is -0.573. The first kappa shape index (κ1) is 19.5. The number of amides is 3. The molecule has 3 amide bonds. The molecule has 0 unspecified atom stereocenters. The fourth-order valence-electron chi connectivity index (χ4n) is 2.33. The van der Waals surface area contributed by atoms with E-state index in [2.05, 4.69) is 16.0 Å². The summed E-state index contributed by atoms with van der Waals surface area (Å²) in [7, 11) is 0. The minimum atomic E-state index is -4.48. The number of hydrogen-bond acceptors (Lipinski definition) is 3. The lowest BCUT2D eigenvalue weighted by Crippen LogP contribution is -2.30. The number of ether oxygens (including phenoxy) is 1. The number of rotatable bonds is 6. The van der Waals surface area contributed by atoms with Crippen molar-refractivity contribution >= 4 is 23.3 Å². The summed E-state index contributed by atoms with van der Waals surface area (Å²) < 4.78 is 43.1. The molecule has 1 saturated carbocycles. The van der Waals surface area contributed by atoms with Crippen LogP contribution < -0.4 is 20.7 Å². The molecule has 0 heterocycles. The molecule has 2 aromatic carbocycles. The van der Waals surface area contributed by atoms with E-state index in [9.17, 15) is 22.8 Å². The summed E-state index contributed by atoms with van der Waals surface area (Å²) in [5, 5.41) is 8.03. The Bertz CT molecular complexity index is 849. The van der Waals surface area contributed by atoms with Crippen LogP contribution in [0.4, 0.5) is 29.3 Å². The Morgan fingerprint density at radius 1 is 1.00 bits per heavy atom. The third-order valence-corrected chi connectivity index (χ3v) is 3.87. The van der Waals surface area contributed by atoms with Gasteiger partial charge in [-0.2, -0.15) is 13.2 Å². The minimum Gasteiger partial charge on any atom is -0.484 e. The van der Waals surface area contributed by atoms with Crippen molar-refractivity contribution in [1.82, 2.24) is 5.32 Å². The highest BCUT2D eigenvalue weighted by Crippen LogP contribution is 2.31. The molecule has 0 atom stereocenters. The number of hydrogen-bond donors (Lipinski definition) is 3. The monoisotopic (exact) mass is 393 g/mol. The lowest BCUT2D eigenvalue weighted by atomic mass is 10.2. The second-order valence-electron chi connectivity index (χ2n) is 6.31. The number of carbonyl (C=O) groups is 2. The van der Waals surface area contributed by atoms with Gasteiger partial charge in [0.2, 0.25) is 0 Å². The molecule has 9 heteroatoms. The third-order valence-electron chi connectivity index (χ3n) is 3.87. The summed E-state index contributed by atoms with van der Waals surface area (Å²) in [6.07, 6.45) is -2.51. The number of halogens is 3. The first-order valence-electron chi connectivity index (χ1n) is 8.57. The van der Waals surface area contributed by atoms with Crippen LogP contribution in [-0.2, 0) is 11.0 Å². The highest BCUT2D eigenvalue weighted by atomic mass is 19.4. The van der Waals surface area contributed by atoms with Crippen LogP contribution in [0, 0.1) is 0 Å². The maximum atomic E-state index is 12.7. The molecule has 0 saturated heterocycles. The summed E-state index contributed by atoms with van der Waals surface area (Å²) in [6.45, 7) is -0.439. The zero-order valence-corrected chi connectivity index (χ0v) is 14.7. The van der Waals surface area contributed by atoms with Crippen LogP contribution >= 0.6 is 0 Å². The lowest BCUT2D eigenvalue weighted by molar-refractivity contribution is -0.137. The Balaban J connectivity index is 1.47. The smallest absolute Gasteiger partial charge is 0.416 e. The molecule has 6 nitrogen and oxygen atoms in total. The number of alkyl halides is 3. The van der Waals surface area contributed by atoms with E-state index in [1.165, 1.54) is 12.1 Å². The van der Waals surface area contributed by atoms with Gasteiger partial charge in [0.1, 0.15) is 5.75 Å². The first-order valence-corrected chi connectivity index (χ1v) is 8.57. The van der Waals surface area contributed by atoms with E-state index in [0.29, 0.717) is 11.4 Å². The van der Waals surface area contributed by atoms with Gasteiger partial charge >= 0.3 is 12.2 Å². The van der Waals surface area contributed by atoms with Gasteiger partial charge in [0.15, 0.2) is 6.61 Å². The van der Waals surface area contributed by atoms with Gasteiger partial charge in [-0.15, -0.1) is 0 Å². The molecule has 1 fully saturated rings. The molecule has 0 aromatic heterocycles. The average molecular weight is 393 g/mol. The molecular weight excluding hydrogens is 375 g/mol. The Morgan fingerprint density at radius 2 is 1.64 bits per heavy atom. The van der Waals surface area contributed by atoms with Gasteiger partial charge in [-0.25, -0.2) is 4.79 Å². The highest BCUT2D eigenvalue weighted by Gasteiger charge is 2.30. The van der Waals surface area contributed by atoms with Crippen molar-refractivity contribution in [3.05, 3.63) is 54.1 Å². The molecule has 0 spiro atoms. The van der Waals surface area contributed by atoms with E-state index >= 15 is 0 Å². The van der Waals surface area contributed by atoms with Crippen molar-refractivity contribution in [2.45, 2.75) is 25.1 Å². The Labute approximate surface area is 159 Å².